The number of esters is 1. The smallest absolute Gasteiger partial charge is 0.359 e. The summed E-state index contributed by atoms with van der Waals surface area (Å²) in [5.41, 5.74) is 5.19. The first-order valence-electron chi connectivity index (χ1n) is 6.44. The molecule has 1 heterocycles. The average Bonchev–Trinajstić information content (AvgIpc) is 2.78. The minimum absolute atomic E-state index is 0.175. The van der Waals surface area contributed by atoms with Gasteiger partial charge in [-0.05, 0) is 39.0 Å². The van der Waals surface area contributed by atoms with Gasteiger partial charge >= 0.3 is 5.97 Å². The van der Waals surface area contributed by atoms with Gasteiger partial charge in [-0.25, -0.2) is 9.48 Å². The van der Waals surface area contributed by atoms with E-state index in [9.17, 15) is 9.59 Å². The van der Waals surface area contributed by atoms with Crippen LogP contribution >= 0.6 is 15.9 Å². The van der Waals surface area contributed by atoms with E-state index in [-0.39, 0.29) is 12.3 Å². The molecule has 0 saturated carbocycles. The maximum absolute atomic E-state index is 12.0. The van der Waals surface area contributed by atoms with Crippen LogP contribution in [0.3, 0.4) is 0 Å². The van der Waals surface area contributed by atoms with E-state index in [1.54, 1.807) is 39.0 Å². The molecule has 1 aromatic heterocycles. The molecule has 0 aliphatic heterocycles. The van der Waals surface area contributed by atoms with Crippen LogP contribution in [0.2, 0.25) is 0 Å². The van der Waals surface area contributed by atoms with Crippen molar-refractivity contribution in [3.05, 3.63) is 28.4 Å². The van der Waals surface area contributed by atoms with Crippen molar-refractivity contribution in [3.63, 3.8) is 0 Å². The minimum atomic E-state index is -1.07. The fraction of sp³-hybridized carbons (Fsp3) is 0.357. The number of benzene rings is 1. The quantitative estimate of drug-likeness (QED) is 0.853. The van der Waals surface area contributed by atoms with Crippen LogP contribution in [0.4, 0.5) is 0 Å². The third-order valence-electron chi connectivity index (χ3n) is 3.24. The Bertz CT molecular complexity index is 722. The molecule has 1 amide bonds. The SMILES string of the molecule is CCOC(=O)c1nn(C(C)(C)C(N)=O)c2cc(Br)ccc12. The molecular formula is C14H16BrN3O3. The van der Waals surface area contributed by atoms with Crippen LogP contribution in [-0.4, -0.2) is 28.3 Å². The van der Waals surface area contributed by atoms with Gasteiger partial charge in [0.05, 0.1) is 12.1 Å². The van der Waals surface area contributed by atoms with Gasteiger partial charge in [0.2, 0.25) is 5.91 Å². The van der Waals surface area contributed by atoms with E-state index in [0.717, 1.165) is 4.47 Å². The Labute approximate surface area is 130 Å². The molecule has 2 rings (SSSR count). The number of hydrogen-bond donors (Lipinski definition) is 1. The Balaban J connectivity index is 2.74. The Kier molecular flexibility index (Phi) is 4.04. The number of halogens is 1. The minimum Gasteiger partial charge on any atom is -0.461 e. The first kappa shape index (κ1) is 15.5. The van der Waals surface area contributed by atoms with Crippen LogP contribution in [0.1, 0.15) is 31.3 Å². The van der Waals surface area contributed by atoms with Crippen LogP contribution < -0.4 is 5.73 Å². The van der Waals surface area contributed by atoms with E-state index in [1.807, 2.05) is 0 Å². The number of primary amides is 1. The van der Waals surface area contributed by atoms with Crippen molar-refractivity contribution in [1.29, 1.82) is 0 Å². The lowest BCUT2D eigenvalue weighted by Gasteiger charge is -2.22. The Morgan fingerprint density at radius 3 is 2.67 bits per heavy atom. The second-order valence-corrected chi connectivity index (χ2v) is 5.98. The lowest BCUT2D eigenvalue weighted by Crippen LogP contribution is -2.41. The fourth-order valence-electron chi connectivity index (χ4n) is 1.97. The van der Waals surface area contributed by atoms with Crippen LogP contribution in [0.5, 0.6) is 0 Å². The molecule has 0 aliphatic carbocycles. The molecule has 1 aromatic carbocycles. The Morgan fingerprint density at radius 2 is 2.10 bits per heavy atom. The first-order valence-corrected chi connectivity index (χ1v) is 7.24. The van der Waals surface area contributed by atoms with Gasteiger partial charge in [0, 0.05) is 9.86 Å². The van der Waals surface area contributed by atoms with Crippen molar-refractivity contribution in [2.45, 2.75) is 26.3 Å². The van der Waals surface area contributed by atoms with Crippen LogP contribution in [0, 0.1) is 0 Å². The molecule has 0 radical (unpaired) electrons. The molecule has 0 spiro atoms. The number of nitrogens with two attached hydrogens (primary N) is 1. The molecule has 21 heavy (non-hydrogen) atoms. The highest BCUT2D eigenvalue weighted by molar-refractivity contribution is 9.10. The van der Waals surface area contributed by atoms with E-state index in [0.29, 0.717) is 10.9 Å². The molecule has 0 atom stereocenters. The number of amides is 1. The summed E-state index contributed by atoms with van der Waals surface area (Å²) < 4.78 is 7.28. The maximum atomic E-state index is 12.0. The van der Waals surface area contributed by atoms with Gasteiger partial charge in [-0.2, -0.15) is 5.10 Å². The topological polar surface area (TPSA) is 87.2 Å². The third-order valence-corrected chi connectivity index (χ3v) is 3.74. The normalized spacial score (nSPS) is 11.6. The highest BCUT2D eigenvalue weighted by Gasteiger charge is 2.32. The predicted octanol–water partition coefficient (Wildman–Crippen LogP) is 2.20. The average molecular weight is 354 g/mol. The molecular weight excluding hydrogens is 338 g/mol. The zero-order valence-electron chi connectivity index (χ0n) is 12.0. The van der Waals surface area contributed by atoms with Crippen LogP contribution in [0.25, 0.3) is 10.9 Å². The summed E-state index contributed by atoms with van der Waals surface area (Å²) in [6, 6.07) is 5.34. The fourth-order valence-corrected chi connectivity index (χ4v) is 2.32. The summed E-state index contributed by atoms with van der Waals surface area (Å²) in [5, 5.41) is 4.88. The molecule has 0 saturated heterocycles. The van der Waals surface area contributed by atoms with Crippen molar-refractivity contribution in [2.75, 3.05) is 6.61 Å². The van der Waals surface area contributed by atoms with Crippen molar-refractivity contribution >= 4 is 38.7 Å². The summed E-state index contributed by atoms with van der Waals surface area (Å²) in [6.45, 7) is 5.28. The van der Waals surface area contributed by atoms with E-state index in [4.69, 9.17) is 10.5 Å². The molecule has 2 N–H and O–H groups in total. The van der Waals surface area contributed by atoms with Gasteiger partial charge in [0.15, 0.2) is 5.69 Å². The second kappa shape index (κ2) is 5.48. The van der Waals surface area contributed by atoms with Gasteiger partial charge in [0.1, 0.15) is 5.54 Å². The Morgan fingerprint density at radius 1 is 1.43 bits per heavy atom. The number of nitrogens with zero attached hydrogens (tertiary/aromatic N) is 2. The zero-order valence-corrected chi connectivity index (χ0v) is 13.6. The number of carbonyl (C=O) groups excluding carboxylic acids is 2. The summed E-state index contributed by atoms with van der Waals surface area (Å²) in [6.07, 6.45) is 0. The lowest BCUT2D eigenvalue weighted by molar-refractivity contribution is -0.125. The molecule has 0 aliphatic rings. The van der Waals surface area contributed by atoms with E-state index < -0.39 is 17.4 Å². The predicted molar refractivity (Wildman–Crippen MR) is 81.9 cm³/mol. The van der Waals surface area contributed by atoms with E-state index in [2.05, 4.69) is 21.0 Å². The van der Waals surface area contributed by atoms with Crippen LogP contribution in [-0.2, 0) is 15.1 Å². The zero-order chi connectivity index (χ0) is 15.8. The van der Waals surface area contributed by atoms with Crippen molar-refractivity contribution < 1.29 is 14.3 Å². The number of rotatable bonds is 4. The third kappa shape index (κ3) is 2.65. The van der Waals surface area contributed by atoms with E-state index >= 15 is 0 Å². The molecule has 0 unspecified atom stereocenters. The van der Waals surface area contributed by atoms with Gasteiger partial charge in [0.25, 0.3) is 0 Å². The number of hydrogen-bond acceptors (Lipinski definition) is 4. The molecule has 2 aromatic rings. The summed E-state index contributed by atoms with van der Waals surface area (Å²) in [7, 11) is 0. The molecule has 6 nitrogen and oxygen atoms in total. The lowest BCUT2D eigenvalue weighted by atomic mass is 10.1. The molecule has 0 bridgehead atoms. The van der Waals surface area contributed by atoms with Crippen LogP contribution in [0.15, 0.2) is 22.7 Å². The van der Waals surface area contributed by atoms with Crippen molar-refractivity contribution in [2.24, 2.45) is 5.73 Å². The number of ether oxygens (including phenoxy) is 1. The summed E-state index contributed by atoms with van der Waals surface area (Å²) in [4.78, 5) is 23.7. The Hall–Kier alpha value is -1.89. The van der Waals surface area contributed by atoms with Crippen molar-refractivity contribution in [1.82, 2.24) is 9.78 Å². The van der Waals surface area contributed by atoms with Gasteiger partial charge in [-0.15, -0.1) is 0 Å². The number of fused-ring (bicyclic) bond motifs is 1. The highest BCUT2D eigenvalue weighted by atomic mass is 79.9. The van der Waals surface area contributed by atoms with Gasteiger partial charge in [-0.3, -0.25) is 4.79 Å². The monoisotopic (exact) mass is 353 g/mol. The van der Waals surface area contributed by atoms with Gasteiger partial charge in [-0.1, -0.05) is 15.9 Å². The largest absolute Gasteiger partial charge is 0.461 e. The highest BCUT2D eigenvalue weighted by Crippen LogP contribution is 2.28. The summed E-state index contributed by atoms with van der Waals surface area (Å²) in [5.74, 6) is -1.06. The number of carbonyl (C=O) groups is 2. The number of aromatic nitrogens is 2. The molecule has 112 valence electrons. The van der Waals surface area contributed by atoms with Gasteiger partial charge < -0.3 is 10.5 Å². The maximum Gasteiger partial charge on any atom is 0.359 e. The van der Waals surface area contributed by atoms with Crippen molar-refractivity contribution in [3.8, 4) is 0 Å². The standard InChI is InChI=1S/C14H16BrN3O3/c1-4-21-12(19)11-9-6-5-8(15)7-10(9)18(17-11)14(2,3)13(16)20/h5-7H,4H2,1-3H3,(H2,16,20). The van der Waals surface area contributed by atoms with E-state index in [1.165, 1.54) is 4.68 Å². The first-order chi connectivity index (χ1) is 9.78. The molecule has 7 heteroatoms. The summed E-state index contributed by atoms with van der Waals surface area (Å²) >= 11 is 3.37. The molecule has 0 fully saturated rings. The second-order valence-electron chi connectivity index (χ2n) is 5.07.